The maximum absolute atomic E-state index is 6.17. The van der Waals surface area contributed by atoms with Gasteiger partial charge in [0.25, 0.3) is 0 Å². The van der Waals surface area contributed by atoms with E-state index >= 15 is 0 Å². The summed E-state index contributed by atoms with van der Waals surface area (Å²) in [6.07, 6.45) is 2.44. The minimum Gasteiger partial charge on any atom is -0.308 e. The molecule has 108 valence electrons. The van der Waals surface area contributed by atoms with Gasteiger partial charge in [-0.3, -0.25) is 0 Å². The molecule has 0 amide bonds. The second-order valence-electron chi connectivity index (χ2n) is 4.31. The van der Waals surface area contributed by atoms with Crippen molar-refractivity contribution in [2.45, 2.75) is 13.3 Å². The van der Waals surface area contributed by atoms with E-state index in [-0.39, 0.29) is 0 Å². The molecule has 0 atom stereocenters. The van der Waals surface area contributed by atoms with Crippen molar-refractivity contribution >= 4 is 50.6 Å². The number of hydrogen-bond acceptors (Lipinski definition) is 6. The molecule has 5 nitrogen and oxygen atoms in total. The zero-order valence-corrected chi connectivity index (χ0v) is 13.4. The highest BCUT2D eigenvalue weighted by Crippen LogP contribution is 2.33. The summed E-state index contributed by atoms with van der Waals surface area (Å²) >= 11 is 13.6. The van der Waals surface area contributed by atoms with Crippen molar-refractivity contribution in [1.29, 1.82) is 0 Å². The van der Waals surface area contributed by atoms with Crippen molar-refractivity contribution in [3.63, 3.8) is 0 Å². The van der Waals surface area contributed by atoms with Crippen LogP contribution in [0.25, 0.3) is 21.7 Å². The maximum Gasteiger partial charge on any atom is 0.183 e. The Morgan fingerprint density at radius 1 is 1.29 bits per heavy atom. The summed E-state index contributed by atoms with van der Waals surface area (Å²) in [4.78, 5) is 15.2. The van der Waals surface area contributed by atoms with Crippen molar-refractivity contribution < 1.29 is 0 Å². The molecule has 3 heterocycles. The lowest BCUT2D eigenvalue weighted by Gasteiger charge is -2.06. The number of anilines is 1. The standard InChI is InChI=1S/C13H11Cl2N5S/c1-2-7-4-8-11(20-16)18-12(19-13(8)21-7)10-9(15)3-6(14)5-17-10/h3-5H,2,16H2,1H3,(H,18,19,20). The summed E-state index contributed by atoms with van der Waals surface area (Å²) in [7, 11) is 0. The van der Waals surface area contributed by atoms with Crippen LogP contribution in [-0.2, 0) is 6.42 Å². The van der Waals surface area contributed by atoms with Crippen LogP contribution in [0.4, 0.5) is 5.82 Å². The van der Waals surface area contributed by atoms with Gasteiger partial charge in [-0.2, -0.15) is 0 Å². The fraction of sp³-hybridized carbons (Fsp3) is 0.154. The summed E-state index contributed by atoms with van der Waals surface area (Å²) < 4.78 is 0. The zero-order valence-electron chi connectivity index (χ0n) is 11.0. The SMILES string of the molecule is CCc1cc2c(NN)nc(-c3ncc(Cl)cc3Cl)nc2s1. The van der Waals surface area contributed by atoms with Crippen molar-refractivity contribution in [2.24, 2.45) is 5.84 Å². The predicted octanol–water partition coefficient (Wildman–Crippen LogP) is 3.91. The maximum atomic E-state index is 6.17. The second kappa shape index (κ2) is 5.73. The predicted molar refractivity (Wildman–Crippen MR) is 87.9 cm³/mol. The molecule has 0 aliphatic heterocycles. The first-order valence-corrected chi connectivity index (χ1v) is 7.78. The molecule has 0 unspecified atom stereocenters. The molecule has 3 N–H and O–H groups in total. The summed E-state index contributed by atoms with van der Waals surface area (Å²) in [5.74, 6) is 6.54. The van der Waals surface area contributed by atoms with Gasteiger partial charge in [-0.25, -0.2) is 20.8 Å². The molecule has 3 aromatic heterocycles. The Bertz CT molecular complexity index is 818. The smallest absolute Gasteiger partial charge is 0.183 e. The molecule has 0 aliphatic rings. The minimum atomic E-state index is 0.400. The third-order valence-electron chi connectivity index (χ3n) is 2.95. The zero-order chi connectivity index (χ0) is 15.0. The number of nitrogens with zero attached hydrogens (tertiary/aromatic N) is 3. The Hall–Kier alpha value is -1.47. The number of nitrogens with one attached hydrogen (secondary N) is 1. The number of hydrogen-bond donors (Lipinski definition) is 2. The van der Waals surface area contributed by atoms with Gasteiger partial charge in [0.1, 0.15) is 10.5 Å². The molecule has 21 heavy (non-hydrogen) atoms. The van der Waals surface area contributed by atoms with E-state index in [1.165, 1.54) is 11.1 Å². The van der Waals surface area contributed by atoms with Gasteiger partial charge in [-0.05, 0) is 18.6 Å². The number of hydrazine groups is 1. The topological polar surface area (TPSA) is 76.7 Å². The molecule has 3 aromatic rings. The summed E-state index contributed by atoms with van der Waals surface area (Å²) in [6.45, 7) is 2.09. The number of fused-ring (bicyclic) bond motifs is 1. The van der Waals surface area contributed by atoms with Crippen LogP contribution in [0.2, 0.25) is 10.0 Å². The van der Waals surface area contributed by atoms with Crippen molar-refractivity contribution in [1.82, 2.24) is 15.0 Å². The molecule has 0 spiro atoms. The Labute approximate surface area is 135 Å². The first-order valence-electron chi connectivity index (χ1n) is 6.21. The molecule has 0 fully saturated rings. The quantitative estimate of drug-likeness (QED) is 0.558. The molecular weight excluding hydrogens is 329 g/mol. The number of nitrogen functional groups attached to an aromatic ring is 1. The van der Waals surface area contributed by atoms with Crippen LogP contribution in [0.3, 0.4) is 0 Å². The van der Waals surface area contributed by atoms with Crippen LogP contribution in [0, 0.1) is 0 Å². The highest BCUT2D eigenvalue weighted by Gasteiger charge is 2.15. The van der Waals surface area contributed by atoms with Crippen molar-refractivity contribution in [3.8, 4) is 11.5 Å². The van der Waals surface area contributed by atoms with E-state index in [0.29, 0.717) is 27.4 Å². The number of aromatic nitrogens is 3. The molecule has 0 saturated carbocycles. The van der Waals surface area contributed by atoms with Gasteiger partial charge in [0, 0.05) is 11.1 Å². The van der Waals surface area contributed by atoms with E-state index in [0.717, 1.165) is 16.6 Å². The normalized spacial score (nSPS) is 11.0. The number of rotatable bonds is 3. The van der Waals surface area contributed by atoms with Crippen LogP contribution in [-0.4, -0.2) is 15.0 Å². The molecule has 0 bridgehead atoms. The molecule has 3 rings (SSSR count). The lowest BCUT2D eigenvalue weighted by atomic mass is 10.3. The molecule has 0 aliphatic carbocycles. The van der Waals surface area contributed by atoms with Gasteiger partial charge in [0.15, 0.2) is 11.6 Å². The van der Waals surface area contributed by atoms with Crippen molar-refractivity contribution in [3.05, 3.63) is 33.3 Å². The molecular formula is C13H11Cl2N5S. The first kappa shape index (κ1) is 14.5. The van der Waals surface area contributed by atoms with Crippen LogP contribution in [0.5, 0.6) is 0 Å². The van der Waals surface area contributed by atoms with E-state index in [4.69, 9.17) is 29.0 Å². The van der Waals surface area contributed by atoms with Crippen molar-refractivity contribution in [2.75, 3.05) is 5.43 Å². The van der Waals surface area contributed by atoms with Gasteiger partial charge >= 0.3 is 0 Å². The highest BCUT2D eigenvalue weighted by atomic mass is 35.5. The van der Waals surface area contributed by atoms with E-state index in [1.807, 2.05) is 6.07 Å². The van der Waals surface area contributed by atoms with Gasteiger partial charge < -0.3 is 5.43 Å². The monoisotopic (exact) mass is 339 g/mol. The fourth-order valence-electron chi connectivity index (χ4n) is 1.94. The Morgan fingerprint density at radius 2 is 2.10 bits per heavy atom. The lowest BCUT2D eigenvalue weighted by Crippen LogP contribution is -2.10. The number of pyridine rings is 1. The second-order valence-corrected chi connectivity index (χ2v) is 6.27. The van der Waals surface area contributed by atoms with Gasteiger partial charge in [0.2, 0.25) is 0 Å². The average Bonchev–Trinajstić information content (AvgIpc) is 2.89. The van der Waals surface area contributed by atoms with Crippen LogP contribution in [0.15, 0.2) is 18.3 Å². The van der Waals surface area contributed by atoms with E-state index < -0.39 is 0 Å². The number of thiophene rings is 1. The van der Waals surface area contributed by atoms with E-state index in [2.05, 4.69) is 27.3 Å². The van der Waals surface area contributed by atoms with Gasteiger partial charge in [-0.1, -0.05) is 30.1 Å². The fourth-order valence-corrected chi connectivity index (χ4v) is 3.37. The lowest BCUT2D eigenvalue weighted by molar-refractivity contribution is 1.16. The molecule has 0 radical (unpaired) electrons. The van der Waals surface area contributed by atoms with Crippen LogP contribution >= 0.6 is 34.5 Å². The third-order valence-corrected chi connectivity index (χ3v) is 4.62. The third kappa shape index (κ3) is 2.67. The number of halogens is 2. The van der Waals surface area contributed by atoms with Crippen LogP contribution in [0.1, 0.15) is 11.8 Å². The summed E-state index contributed by atoms with van der Waals surface area (Å²) in [5.41, 5.74) is 3.08. The van der Waals surface area contributed by atoms with Gasteiger partial charge in [0.05, 0.1) is 15.4 Å². The van der Waals surface area contributed by atoms with E-state index in [1.54, 1.807) is 17.4 Å². The molecule has 8 heteroatoms. The molecule has 0 aromatic carbocycles. The summed E-state index contributed by atoms with van der Waals surface area (Å²) in [6, 6.07) is 3.65. The van der Waals surface area contributed by atoms with Crippen LogP contribution < -0.4 is 11.3 Å². The minimum absolute atomic E-state index is 0.400. The average molecular weight is 340 g/mol. The molecule has 0 saturated heterocycles. The Balaban J connectivity index is 2.23. The Kier molecular flexibility index (Phi) is 3.95. The number of aryl methyl sites for hydroxylation is 1. The van der Waals surface area contributed by atoms with Gasteiger partial charge in [-0.15, -0.1) is 11.3 Å². The highest BCUT2D eigenvalue weighted by molar-refractivity contribution is 7.18. The first-order chi connectivity index (χ1) is 10.1. The van der Waals surface area contributed by atoms with E-state index in [9.17, 15) is 0 Å². The largest absolute Gasteiger partial charge is 0.308 e. The summed E-state index contributed by atoms with van der Waals surface area (Å²) in [5, 5.41) is 1.76. The Morgan fingerprint density at radius 3 is 2.76 bits per heavy atom. The number of nitrogens with two attached hydrogens (primary N) is 1.